The number of allylic oxidation sites excluding steroid dienone is 2. The van der Waals surface area contributed by atoms with Gasteiger partial charge in [0.15, 0.2) is 0 Å². The smallest absolute Gasteiger partial charge is 1.00 e. The molecule has 0 aromatic carbocycles. The number of hydrogen-bond donors (Lipinski definition) is 1. The van der Waals surface area contributed by atoms with Gasteiger partial charge >= 0.3 is 45.6 Å². The van der Waals surface area contributed by atoms with Gasteiger partial charge in [0, 0.05) is 6.42 Å². The Morgan fingerprint density at radius 2 is 1.25 bits per heavy atom. The van der Waals surface area contributed by atoms with Gasteiger partial charge in [-0.25, -0.2) is 0 Å². The summed E-state index contributed by atoms with van der Waals surface area (Å²) in [5, 5.41) is 0. The monoisotopic (exact) mass is 429 g/mol. The molecule has 0 amide bonds. The molecule has 0 aromatic rings. The molecule has 0 rings (SSSR count). The van der Waals surface area contributed by atoms with E-state index in [0.29, 0.717) is 6.42 Å². The predicted molar refractivity (Wildman–Crippen MR) is 116 cm³/mol. The van der Waals surface area contributed by atoms with E-state index in [9.17, 15) is 13.2 Å². The van der Waals surface area contributed by atoms with Crippen LogP contribution in [0, 0.1) is 0 Å². The topological polar surface area (TPSA) is 86.5 Å². The molecule has 0 atom stereocenters. The maximum Gasteiger partial charge on any atom is 1.00 e. The summed E-state index contributed by atoms with van der Waals surface area (Å²) < 4.78 is 26.7. The minimum absolute atomic E-state index is 0. The van der Waals surface area contributed by atoms with Gasteiger partial charge in [0.05, 0.1) is 5.75 Å². The molecule has 7 heteroatoms. The van der Waals surface area contributed by atoms with Crippen LogP contribution in [0.3, 0.4) is 0 Å². The number of hydrogen-bond acceptors (Lipinski definition) is 5. The van der Waals surface area contributed by atoms with Gasteiger partial charge in [0.1, 0.15) is 0 Å². The van der Waals surface area contributed by atoms with E-state index in [4.69, 9.17) is 0 Å². The van der Waals surface area contributed by atoms with Crippen LogP contribution in [-0.4, -0.2) is 27.2 Å². The summed E-state index contributed by atoms with van der Waals surface area (Å²) in [7, 11) is -2.15. The summed E-state index contributed by atoms with van der Waals surface area (Å²) in [4.78, 5) is 11.3. The molecule has 0 unspecified atom stereocenters. The van der Waals surface area contributed by atoms with Crippen LogP contribution in [0.5, 0.6) is 0 Å². The second-order valence-corrected chi connectivity index (χ2v) is 8.50. The van der Waals surface area contributed by atoms with E-state index in [2.05, 4.69) is 29.0 Å². The Morgan fingerprint density at radius 1 is 0.821 bits per heavy atom. The molecule has 0 fully saturated rings. The van der Waals surface area contributed by atoms with Crippen LogP contribution in [0.2, 0.25) is 0 Å². The summed E-state index contributed by atoms with van der Waals surface area (Å²) >= 11 is 0. The molecular formula is C21H44NNaO4S. The van der Waals surface area contributed by atoms with Crippen molar-refractivity contribution in [2.75, 3.05) is 12.8 Å². The number of carbonyl (C=O) groups is 1. The zero-order valence-electron chi connectivity index (χ0n) is 19.9. The van der Waals surface area contributed by atoms with E-state index in [-0.39, 0.29) is 43.2 Å². The first-order valence-electron chi connectivity index (χ1n) is 10.7. The Kier molecular flexibility index (Phi) is 29.4. The molecule has 0 aliphatic heterocycles. The van der Waals surface area contributed by atoms with Crippen LogP contribution in [0.4, 0.5) is 0 Å². The Balaban J connectivity index is -0.000000755. The Bertz CT molecular complexity index is 460. The van der Waals surface area contributed by atoms with Gasteiger partial charge in [0.25, 0.3) is 0 Å². The minimum atomic E-state index is -3.65. The molecule has 0 aromatic heterocycles. The summed E-state index contributed by atoms with van der Waals surface area (Å²) in [5.41, 5.74) is 4.50. The van der Waals surface area contributed by atoms with Gasteiger partial charge in [-0.3, -0.25) is 4.79 Å². The van der Waals surface area contributed by atoms with Crippen molar-refractivity contribution in [3.63, 3.8) is 0 Å². The third-order valence-corrected chi connectivity index (χ3v) is 5.36. The van der Waals surface area contributed by atoms with Crippen molar-refractivity contribution in [2.45, 2.75) is 104 Å². The standard InChI is InChI=1S/C20H38O4S.CH5N.Na.H/c1-3-5-6-7-8-9-10-11-12-13-14-15-16-17-18-19-20(21)24-25(22,23)4-2;1-2;;/h11-12H,3-10,13-19H2,1-2H3;2H2,1H3;;/q;;+1;-1/b12-11-;;;. The number of carbonyl (C=O) groups excluding carboxylic acids is 1. The average molecular weight is 430 g/mol. The fourth-order valence-corrected chi connectivity index (χ4v) is 3.07. The summed E-state index contributed by atoms with van der Waals surface area (Å²) in [6.07, 6.45) is 20.3. The number of unbranched alkanes of at least 4 members (excludes halogenated alkanes) is 11. The Hall–Kier alpha value is 0.120. The van der Waals surface area contributed by atoms with Gasteiger partial charge in [0.2, 0.25) is 0 Å². The molecule has 0 aliphatic rings. The molecule has 0 saturated heterocycles. The molecule has 0 heterocycles. The first kappa shape index (κ1) is 32.8. The van der Waals surface area contributed by atoms with Crippen LogP contribution in [0.15, 0.2) is 12.2 Å². The van der Waals surface area contributed by atoms with E-state index in [0.717, 1.165) is 25.7 Å². The summed E-state index contributed by atoms with van der Waals surface area (Å²) in [6.45, 7) is 3.71. The van der Waals surface area contributed by atoms with Crippen LogP contribution >= 0.6 is 0 Å². The first-order valence-corrected chi connectivity index (χ1v) is 12.3. The van der Waals surface area contributed by atoms with Gasteiger partial charge in [-0.2, -0.15) is 8.42 Å². The molecule has 28 heavy (non-hydrogen) atoms. The van der Waals surface area contributed by atoms with Crippen molar-refractivity contribution < 1.29 is 48.4 Å². The zero-order chi connectivity index (χ0) is 20.8. The van der Waals surface area contributed by atoms with Crippen LogP contribution in [0.25, 0.3) is 0 Å². The van der Waals surface area contributed by atoms with Crippen molar-refractivity contribution in [1.29, 1.82) is 0 Å². The van der Waals surface area contributed by atoms with Crippen LogP contribution < -0.4 is 35.3 Å². The van der Waals surface area contributed by atoms with E-state index < -0.39 is 16.1 Å². The van der Waals surface area contributed by atoms with Crippen molar-refractivity contribution in [1.82, 2.24) is 0 Å². The third kappa shape index (κ3) is 26.1. The van der Waals surface area contributed by atoms with Gasteiger partial charge in [-0.1, -0.05) is 70.4 Å². The molecule has 0 bridgehead atoms. The fourth-order valence-electron chi connectivity index (χ4n) is 2.58. The molecule has 5 nitrogen and oxygen atoms in total. The SMILES string of the molecule is CCCCCCCC/C=C\CCCCCCCC(=O)OS(=O)(=O)CC.CN.[H-].[Na+]. The molecule has 164 valence electrons. The average Bonchev–Trinajstić information content (AvgIpc) is 2.66. The molecule has 0 spiro atoms. The van der Waals surface area contributed by atoms with Gasteiger partial charge in [-0.05, 0) is 46.1 Å². The zero-order valence-corrected chi connectivity index (χ0v) is 21.7. The van der Waals surface area contributed by atoms with Crippen LogP contribution in [0.1, 0.15) is 105 Å². The normalized spacial score (nSPS) is 10.9. The molecular weight excluding hydrogens is 385 g/mol. The molecule has 0 radical (unpaired) electrons. The maximum absolute atomic E-state index is 11.3. The molecule has 2 N–H and O–H groups in total. The van der Waals surface area contributed by atoms with Crippen molar-refractivity contribution in [2.24, 2.45) is 5.73 Å². The largest absolute Gasteiger partial charge is 1.00 e. The van der Waals surface area contributed by atoms with Gasteiger partial charge < -0.3 is 11.3 Å². The summed E-state index contributed by atoms with van der Waals surface area (Å²) in [5.74, 6) is -0.787. The van der Waals surface area contributed by atoms with E-state index in [1.807, 2.05) is 0 Å². The van der Waals surface area contributed by atoms with E-state index in [1.54, 1.807) is 0 Å². The summed E-state index contributed by atoms with van der Waals surface area (Å²) in [6, 6.07) is 0. The Morgan fingerprint density at radius 3 is 1.71 bits per heavy atom. The number of nitrogens with two attached hydrogens (primary N) is 1. The quantitative estimate of drug-likeness (QED) is 0.166. The van der Waals surface area contributed by atoms with Crippen molar-refractivity contribution in [3.05, 3.63) is 12.2 Å². The third-order valence-electron chi connectivity index (χ3n) is 4.22. The van der Waals surface area contributed by atoms with Gasteiger partial charge in [-0.15, -0.1) is 0 Å². The second kappa shape index (κ2) is 25.2. The van der Waals surface area contributed by atoms with E-state index >= 15 is 0 Å². The van der Waals surface area contributed by atoms with E-state index in [1.165, 1.54) is 65.3 Å². The first-order chi connectivity index (χ1) is 13.0. The maximum atomic E-state index is 11.3. The van der Waals surface area contributed by atoms with Crippen LogP contribution in [-0.2, 0) is 19.1 Å². The minimum Gasteiger partial charge on any atom is -1.00 e. The number of rotatable bonds is 17. The molecule has 0 aliphatic carbocycles. The van der Waals surface area contributed by atoms with Crippen molar-refractivity contribution >= 4 is 16.1 Å². The predicted octanol–water partition coefficient (Wildman–Crippen LogP) is 2.61. The second-order valence-electron chi connectivity index (χ2n) is 6.64. The fraction of sp³-hybridized carbons (Fsp3) is 0.857. The van der Waals surface area contributed by atoms with Crippen molar-refractivity contribution in [3.8, 4) is 0 Å². The Labute approximate surface area is 198 Å². The molecule has 0 saturated carbocycles.